The van der Waals surface area contributed by atoms with E-state index in [0.717, 1.165) is 17.7 Å². The van der Waals surface area contributed by atoms with Crippen molar-refractivity contribution in [2.24, 2.45) is 5.41 Å². The van der Waals surface area contributed by atoms with E-state index < -0.39 is 11.4 Å². The second-order valence-electron chi connectivity index (χ2n) is 7.43. The molecule has 1 fully saturated rings. The predicted octanol–water partition coefficient (Wildman–Crippen LogP) is 3.17. The van der Waals surface area contributed by atoms with E-state index in [-0.39, 0.29) is 23.4 Å². The quantitative estimate of drug-likeness (QED) is 0.655. The van der Waals surface area contributed by atoms with Crippen molar-refractivity contribution in [2.75, 3.05) is 17.3 Å². The number of hydrogen-bond acceptors (Lipinski definition) is 4. The molecule has 28 heavy (non-hydrogen) atoms. The van der Waals surface area contributed by atoms with Gasteiger partial charge in [-0.2, -0.15) is 0 Å². The highest BCUT2D eigenvalue weighted by atomic mass is 16.5. The van der Waals surface area contributed by atoms with Crippen molar-refractivity contribution < 1.29 is 19.1 Å². The van der Waals surface area contributed by atoms with Crippen molar-refractivity contribution in [3.63, 3.8) is 0 Å². The average Bonchev–Trinajstić information content (AvgIpc) is 3.45. The molecule has 1 aliphatic heterocycles. The summed E-state index contributed by atoms with van der Waals surface area (Å²) in [4.78, 5) is 40.2. The first-order valence-electron chi connectivity index (χ1n) is 9.38. The highest BCUT2D eigenvalue weighted by molar-refractivity contribution is 6.19. The number of amides is 2. The molecule has 6 nitrogen and oxygen atoms in total. The highest BCUT2D eigenvalue weighted by Gasteiger charge is 2.59. The second-order valence-corrected chi connectivity index (χ2v) is 7.43. The third-order valence-corrected chi connectivity index (χ3v) is 5.60. The zero-order valence-corrected chi connectivity index (χ0v) is 15.9. The summed E-state index contributed by atoms with van der Waals surface area (Å²) >= 11 is 0. The van der Waals surface area contributed by atoms with E-state index in [1.165, 1.54) is 7.11 Å². The lowest BCUT2D eigenvalue weighted by atomic mass is 10.0. The number of carbonyl (C=O) groups is 3. The van der Waals surface area contributed by atoms with Gasteiger partial charge in [-0.3, -0.25) is 9.59 Å². The van der Waals surface area contributed by atoms with E-state index in [4.69, 9.17) is 4.74 Å². The van der Waals surface area contributed by atoms with Gasteiger partial charge in [0.05, 0.1) is 18.4 Å². The minimum Gasteiger partial charge on any atom is -0.465 e. The lowest BCUT2D eigenvalue weighted by Gasteiger charge is -2.27. The van der Waals surface area contributed by atoms with Crippen LogP contribution in [0.1, 0.15) is 35.7 Å². The first-order chi connectivity index (χ1) is 13.5. The minimum absolute atomic E-state index is 0.0116. The van der Waals surface area contributed by atoms with E-state index in [2.05, 4.69) is 5.32 Å². The van der Waals surface area contributed by atoms with Gasteiger partial charge in [-0.1, -0.05) is 30.3 Å². The zero-order valence-electron chi connectivity index (χ0n) is 15.9. The predicted molar refractivity (Wildman–Crippen MR) is 105 cm³/mol. The summed E-state index contributed by atoms with van der Waals surface area (Å²) in [5.74, 6) is -1.07. The lowest BCUT2D eigenvalue weighted by molar-refractivity contribution is -0.132. The summed E-state index contributed by atoms with van der Waals surface area (Å²) in [5, 5.41) is 2.78. The number of nitrogens with zero attached hydrogens (tertiary/aromatic N) is 1. The van der Waals surface area contributed by atoms with Crippen LogP contribution in [0.4, 0.5) is 11.4 Å². The van der Waals surface area contributed by atoms with Crippen LogP contribution in [0.3, 0.4) is 0 Å². The van der Waals surface area contributed by atoms with Gasteiger partial charge in [0, 0.05) is 11.7 Å². The molecule has 144 valence electrons. The Morgan fingerprint density at radius 3 is 2.46 bits per heavy atom. The van der Waals surface area contributed by atoms with Crippen LogP contribution in [0.5, 0.6) is 0 Å². The van der Waals surface area contributed by atoms with Crippen LogP contribution in [0.15, 0.2) is 48.5 Å². The molecule has 1 saturated carbocycles. The average molecular weight is 378 g/mol. The van der Waals surface area contributed by atoms with Gasteiger partial charge < -0.3 is 15.0 Å². The van der Waals surface area contributed by atoms with Crippen LogP contribution in [-0.2, 0) is 20.7 Å². The summed E-state index contributed by atoms with van der Waals surface area (Å²) < 4.78 is 4.78. The number of nitrogens with one attached hydrogen (secondary N) is 1. The second kappa shape index (κ2) is 6.78. The summed E-state index contributed by atoms with van der Waals surface area (Å²) in [6, 6.07) is 14.5. The monoisotopic (exact) mass is 378 g/mol. The summed E-state index contributed by atoms with van der Waals surface area (Å²) in [6.45, 7) is 2.00. The van der Waals surface area contributed by atoms with Crippen LogP contribution in [0.2, 0.25) is 0 Å². The van der Waals surface area contributed by atoms with Gasteiger partial charge in [0.25, 0.3) is 0 Å². The Morgan fingerprint density at radius 2 is 1.75 bits per heavy atom. The fourth-order valence-corrected chi connectivity index (χ4v) is 3.89. The Kier molecular flexibility index (Phi) is 4.41. The van der Waals surface area contributed by atoms with Crippen molar-refractivity contribution in [3.8, 4) is 0 Å². The number of rotatable bonds is 4. The van der Waals surface area contributed by atoms with Gasteiger partial charge in [-0.25, -0.2) is 4.79 Å². The van der Waals surface area contributed by atoms with Crippen LogP contribution in [-0.4, -0.2) is 30.9 Å². The van der Waals surface area contributed by atoms with E-state index in [1.54, 1.807) is 29.2 Å². The molecule has 4 rings (SSSR count). The summed E-state index contributed by atoms with van der Waals surface area (Å²) in [6.07, 6.45) is 1.79. The maximum atomic E-state index is 13.4. The third-order valence-electron chi connectivity index (χ3n) is 5.60. The van der Waals surface area contributed by atoms with E-state index in [1.807, 2.05) is 31.2 Å². The fourth-order valence-electron chi connectivity index (χ4n) is 3.89. The first-order valence-corrected chi connectivity index (χ1v) is 9.38. The van der Waals surface area contributed by atoms with Gasteiger partial charge >= 0.3 is 5.97 Å². The molecule has 0 saturated heterocycles. The largest absolute Gasteiger partial charge is 0.465 e. The Hall–Kier alpha value is -3.15. The fraction of sp³-hybridized carbons (Fsp3) is 0.318. The third kappa shape index (κ3) is 2.85. The smallest absolute Gasteiger partial charge is 0.339 e. The number of hydrogen-bond donors (Lipinski definition) is 1. The van der Waals surface area contributed by atoms with Crippen molar-refractivity contribution in [1.29, 1.82) is 0 Å². The molecule has 0 radical (unpaired) electrons. The number of carbonyl (C=O) groups excluding carboxylic acids is 3. The highest BCUT2D eigenvalue weighted by Crippen LogP contribution is 2.50. The van der Waals surface area contributed by atoms with Gasteiger partial charge in [0.15, 0.2) is 0 Å². The molecule has 1 atom stereocenters. The van der Waals surface area contributed by atoms with E-state index >= 15 is 0 Å². The Balaban J connectivity index is 1.59. The number of methoxy groups -OCH3 is 1. The van der Waals surface area contributed by atoms with Crippen LogP contribution >= 0.6 is 0 Å². The summed E-state index contributed by atoms with van der Waals surface area (Å²) in [5.41, 5.74) is 1.55. The van der Waals surface area contributed by atoms with Gasteiger partial charge in [0.2, 0.25) is 11.8 Å². The Bertz CT molecular complexity index is 965. The summed E-state index contributed by atoms with van der Waals surface area (Å²) in [7, 11) is 1.29. The van der Waals surface area contributed by atoms with Crippen LogP contribution in [0.25, 0.3) is 0 Å². The molecule has 0 spiro atoms. The number of para-hydroxylation sites is 2. The molecular formula is C22H22N2O4. The number of ether oxygens (including phenoxy) is 1. The van der Waals surface area contributed by atoms with Crippen molar-refractivity contribution in [1.82, 2.24) is 0 Å². The first kappa shape index (κ1) is 18.2. The van der Waals surface area contributed by atoms with Gasteiger partial charge in [-0.15, -0.1) is 0 Å². The maximum Gasteiger partial charge on any atom is 0.339 e. The lowest BCUT2D eigenvalue weighted by Crippen LogP contribution is -2.45. The van der Waals surface area contributed by atoms with E-state index in [9.17, 15) is 14.4 Å². The molecule has 1 N–H and O–H groups in total. The normalized spacial score (nSPS) is 18.9. The number of fused-ring (bicyclic) bond motifs is 1. The minimum atomic E-state index is -1.07. The Labute approximate surface area is 163 Å². The molecule has 1 aliphatic carbocycles. The van der Waals surface area contributed by atoms with Crippen molar-refractivity contribution in [2.45, 2.75) is 32.2 Å². The van der Waals surface area contributed by atoms with Crippen LogP contribution < -0.4 is 10.2 Å². The number of esters is 1. The molecule has 2 amide bonds. The van der Waals surface area contributed by atoms with E-state index in [0.29, 0.717) is 18.5 Å². The van der Waals surface area contributed by atoms with Gasteiger partial charge in [-0.05, 0) is 49.9 Å². The van der Waals surface area contributed by atoms with Crippen LogP contribution in [0, 0.1) is 5.41 Å². The van der Waals surface area contributed by atoms with Crippen molar-refractivity contribution in [3.05, 3.63) is 59.7 Å². The number of anilines is 2. The molecule has 1 heterocycles. The Morgan fingerprint density at radius 1 is 1.07 bits per heavy atom. The SMILES string of the molecule is COC(=O)c1ccccc1NC(=O)C1(C(=O)N2c3ccccc3CC2C)CC1. The zero-order chi connectivity index (χ0) is 19.9. The molecule has 0 bridgehead atoms. The van der Waals surface area contributed by atoms with Gasteiger partial charge in [0.1, 0.15) is 5.41 Å². The maximum absolute atomic E-state index is 13.4. The topological polar surface area (TPSA) is 75.7 Å². The molecular weight excluding hydrogens is 356 g/mol. The molecule has 6 heteroatoms. The standard InChI is InChI=1S/C22H22N2O4/c1-14-13-15-7-3-6-10-18(15)24(14)21(27)22(11-12-22)20(26)23-17-9-5-4-8-16(17)19(25)28-2/h3-10,14H,11-13H2,1-2H3,(H,23,26). The molecule has 2 aromatic carbocycles. The molecule has 2 aliphatic rings. The molecule has 0 aromatic heterocycles. The molecule has 1 unspecified atom stereocenters. The van der Waals surface area contributed by atoms with Crippen molar-refractivity contribution >= 4 is 29.2 Å². The number of benzene rings is 2. The molecule has 2 aromatic rings.